The van der Waals surface area contributed by atoms with E-state index in [4.69, 9.17) is 39.5 Å². The molecule has 0 aliphatic heterocycles. The minimum Gasteiger partial charge on any atom is -0.465 e. The van der Waals surface area contributed by atoms with Gasteiger partial charge in [-0.1, -0.05) is 23.2 Å². The molecule has 136 valence electrons. The molecule has 0 fully saturated rings. The number of halogens is 3. The summed E-state index contributed by atoms with van der Waals surface area (Å²) in [6, 6.07) is 3.51. The van der Waals surface area contributed by atoms with Gasteiger partial charge in [-0.2, -0.15) is 5.10 Å². The topological polar surface area (TPSA) is 55.0 Å². The van der Waals surface area contributed by atoms with Crippen molar-refractivity contribution in [2.75, 3.05) is 12.9 Å². The Morgan fingerprint density at radius 3 is 2.68 bits per heavy atom. The predicted molar refractivity (Wildman–Crippen MR) is 107 cm³/mol. The van der Waals surface area contributed by atoms with Crippen LogP contribution in [0.1, 0.15) is 19.4 Å². The maximum atomic E-state index is 11.9. The molecule has 9 heteroatoms. The van der Waals surface area contributed by atoms with Crippen molar-refractivity contribution in [1.29, 1.82) is 0 Å². The molecule has 4 nitrogen and oxygen atoms in total. The highest BCUT2D eigenvalue weighted by molar-refractivity contribution is 8.00. The van der Waals surface area contributed by atoms with Gasteiger partial charge in [0.1, 0.15) is 10.3 Å². The second-order valence-corrected chi connectivity index (χ2v) is 8.25. The molecule has 0 saturated carbocycles. The van der Waals surface area contributed by atoms with Gasteiger partial charge in [-0.05, 0) is 32.2 Å². The summed E-state index contributed by atoms with van der Waals surface area (Å²) in [5.41, 5.74) is 2.38. The van der Waals surface area contributed by atoms with E-state index in [0.29, 0.717) is 22.5 Å². The first-order valence-electron chi connectivity index (χ1n) is 7.42. The van der Waals surface area contributed by atoms with Crippen LogP contribution in [-0.2, 0) is 15.4 Å². The van der Waals surface area contributed by atoms with Gasteiger partial charge in [0.15, 0.2) is 0 Å². The first-order valence-corrected chi connectivity index (χ1v) is 10.8. The molecule has 1 N–H and O–H groups in total. The number of aromatic amines is 1. The lowest BCUT2D eigenvalue weighted by Crippen LogP contribution is -2.16. The summed E-state index contributed by atoms with van der Waals surface area (Å²) in [6.07, 6.45) is 1.93. The van der Waals surface area contributed by atoms with Crippen LogP contribution in [0.15, 0.2) is 22.1 Å². The number of aromatic nitrogens is 2. The Bertz CT molecular complexity index is 768. The standard InChI is InChI=1S/C16H17Cl3N2O2S2/c1-4-23-16(22)8(2)25-13-5-9(11(18)6-12(13)19)14-10(7-17)15(24-3)21-20-14/h5-6,8H,4,7H2,1-3H3,(H,20,21). The van der Waals surface area contributed by atoms with Crippen LogP contribution in [0.4, 0.5) is 0 Å². The van der Waals surface area contributed by atoms with Gasteiger partial charge in [-0.25, -0.2) is 0 Å². The lowest BCUT2D eigenvalue weighted by atomic mass is 10.1. The Hall–Kier alpha value is -0.530. The largest absolute Gasteiger partial charge is 0.465 e. The van der Waals surface area contributed by atoms with Crippen LogP contribution in [0.2, 0.25) is 10.0 Å². The summed E-state index contributed by atoms with van der Waals surface area (Å²) >= 11 is 21.6. The lowest BCUT2D eigenvalue weighted by Gasteiger charge is -2.13. The maximum Gasteiger partial charge on any atom is 0.319 e. The van der Waals surface area contributed by atoms with Gasteiger partial charge in [0, 0.05) is 16.0 Å². The number of carbonyl (C=O) groups is 1. The summed E-state index contributed by atoms with van der Waals surface area (Å²) < 4.78 is 5.04. The minimum atomic E-state index is -0.387. The van der Waals surface area contributed by atoms with E-state index >= 15 is 0 Å². The van der Waals surface area contributed by atoms with Crippen LogP contribution >= 0.6 is 58.3 Å². The monoisotopic (exact) mass is 438 g/mol. The van der Waals surface area contributed by atoms with E-state index in [9.17, 15) is 4.79 Å². The fraction of sp³-hybridized carbons (Fsp3) is 0.375. The number of hydrogen-bond donors (Lipinski definition) is 1. The van der Waals surface area contributed by atoms with Crippen molar-refractivity contribution in [3.8, 4) is 11.3 Å². The fourth-order valence-electron chi connectivity index (χ4n) is 2.17. The molecule has 1 aromatic carbocycles. The minimum absolute atomic E-state index is 0.285. The predicted octanol–water partition coefficient (Wildman–Crippen LogP) is 5.89. The summed E-state index contributed by atoms with van der Waals surface area (Å²) in [5.74, 6) is 0.0237. The van der Waals surface area contributed by atoms with E-state index in [1.54, 1.807) is 19.9 Å². The summed E-state index contributed by atoms with van der Waals surface area (Å²) in [5, 5.41) is 8.67. The van der Waals surface area contributed by atoms with Gasteiger partial charge >= 0.3 is 5.97 Å². The van der Waals surface area contributed by atoms with Gasteiger partial charge < -0.3 is 4.74 Å². The lowest BCUT2D eigenvalue weighted by molar-refractivity contribution is -0.142. The Labute approximate surface area is 170 Å². The Kier molecular flexibility index (Phi) is 7.83. The highest BCUT2D eigenvalue weighted by Crippen LogP contribution is 2.40. The molecule has 1 heterocycles. The van der Waals surface area contributed by atoms with Crippen molar-refractivity contribution in [1.82, 2.24) is 10.2 Å². The molecule has 0 amide bonds. The van der Waals surface area contributed by atoms with Crippen LogP contribution in [0.3, 0.4) is 0 Å². The first-order chi connectivity index (χ1) is 11.9. The molecule has 2 rings (SSSR count). The zero-order valence-electron chi connectivity index (χ0n) is 13.9. The molecular formula is C16H17Cl3N2O2S2. The molecule has 1 unspecified atom stereocenters. The number of alkyl halides is 1. The number of esters is 1. The molecule has 0 spiro atoms. The third-order valence-corrected chi connectivity index (χ3v) is 6.24. The fourth-order valence-corrected chi connectivity index (χ4v) is 4.58. The number of rotatable bonds is 7. The Morgan fingerprint density at radius 1 is 1.36 bits per heavy atom. The number of hydrogen-bond acceptors (Lipinski definition) is 5. The van der Waals surface area contributed by atoms with Gasteiger partial charge in [-0.3, -0.25) is 9.89 Å². The van der Waals surface area contributed by atoms with E-state index in [2.05, 4.69) is 10.2 Å². The van der Waals surface area contributed by atoms with Gasteiger partial charge in [0.2, 0.25) is 0 Å². The SMILES string of the molecule is CCOC(=O)C(C)Sc1cc(-c2[nH]nc(SC)c2CCl)c(Cl)cc1Cl. The van der Waals surface area contributed by atoms with Crippen LogP contribution in [-0.4, -0.2) is 34.3 Å². The highest BCUT2D eigenvalue weighted by atomic mass is 35.5. The number of carbonyl (C=O) groups excluding carboxylic acids is 1. The van der Waals surface area contributed by atoms with Gasteiger partial charge in [-0.15, -0.1) is 35.1 Å². The van der Waals surface area contributed by atoms with E-state index in [0.717, 1.165) is 26.7 Å². The number of nitrogens with zero attached hydrogens (tertiary/aromatic N) is 1. The average Bonchev–Trinajstić information content (AvgIpc) is 3.00. The second kappa shape index (κ2) is 9.42. The summed E-state index contributed by atoms with van der Waals surface area (Å²) in [6.45, 7) is 3.89. The van der Waals surface area contributed by atoms with Crippen LogP contribution in [0.25, 0.3) is 11.3 Å². The quantitative estimate of drug-likeness (QED) is 0.331. The van der Waals surface area contributed by atoms with Crippen molar-refractivity contribution < 1.29 is 9.53 Å². The van der Waals surface area contributed by atoms with Crippen molar-refractivity contribution in [2.24, 2.45) is 0 Å². The van der Waals surface area contributed by atoms with E-state index in [1.165, 1.54) is 23.5 Å². The molecule has 2 aromatic rings. The molecule has 25 heavy (non-hydrogen) atoms. The molecule has 1 aromatic heterocycles. The summed E-state index contributed by atoms with van der Waals surface area (Å²) in [4.78, 5) is 12.6. The van der Waals surface area contributed by atoms with Crippen LogP contribution in [0.5, 0.6) is 0 Å². The number of thioether (sulfide) groups is 2. The van der Waals surface area contributed by atoms with Crippen molar-refractivity contribution in [2.45, 2.75) is 34.9 Å². The van der Waals surface area contributed by atoms with Crippen LogP contribution < -0.4 is 0 Å². The Balaban J connectivity index is 2.41. The Morgan fingerprint density at radius 2 is 2.08 bits per heavy atom. The summed E-state index contributed by atoms with van der Waals surface area (Å²) in [7, 11) is 0. The first kappa shape index (κ1) is 20.8. The normalized spacial score (nSPS) is 12.2. The van der Waals surface area contributed by atoms with E-state index in [1.807, 2.05) is 12.3 Å². The molecular weight excluding hydrogens is 423 g/mol. The average molecular weight is 440 g/mol. The highest BCUT2D eigenvalue weighted by Gasteiger charge is 2.21. The van der Waals surface area contributed by atoms with Gasteiger partial charge in [0.05, 0.1) is 28.2 Å². The molecule has 1 atom stereocenters. The van der Waals surface area contributed by atoms with Crippen molar-refractivity contribution in [3.63, 3.8) is 0 Å². The van der Waals surface area contributed by atoms with E-state index in [-0.39, 0.29) is 11.2 Å². The molecule has 0 bridgehead atoms. The van der Waals surface area contributed by atoms with Crippen molar-refractivity contribution in [3.05, 3.63) is 27.7 Å². The maximum absolute atomic E-state index is 11.9. The number of ether oxygens (including phenoxy) is 1. The molecule has 0 aliphatic carbocycles. The van der Waals surface area contributed by atoms with Crippen LogP contribution in [0, 0.1) is 0 Å². The third-order valence-electron chi connectivity index (χ3n) is 3.37. The molecule has 0 radical (unpaired) electrons. The van der Waals surface area contributed by atoms with E-state index < -0.39 is 0 Å². The van der Waals surface area contributed by atoms with Gasteiger partial charge in [0.25, 0.3) is 0 Å². The number of benzene rings is 1. The van der Waals surface area contributed by atoms with Crippen molar-refractivity contribution >= 4 is 64.3 Å². The zero-order chi connectivity index (χ0) is 18.6. The molecule has 0 saturated heterocycles. The molecule has 0 aliphatic rings. The second-order valence-electron chi connectivity index (χ2n) is 4.99. The number of H-pyrrole nitrogens is 1. The number of nitrogens with one attached hydrogen (secondary N) is 1. The zero-order valence-corrected chi connectivity index (χ0v) is 17.8. The smallest absolute Gasteiger partial charge is 0.319 e. The third kappa shape index (κ3) is 4.80.